The van der Waals surface area contributed by atoms with Crippen LogP contribution in [0.5, 0.6) is 0 Å². The molecule has 0 aliphatic carbocycles. The number of nitrogens with zero attached hydrogens (tertiary/aromatic N) is 4. The second-order valence-corrected chi connectivity index (χ2v) is 9.99. The minimum atomic E-state index is -0.146. The van der Waals surface area contributed by atoms with Crippen molar-refractivity contribution in [1.82, 2.24) is 9.97 Å². The molecule has 0 bridgehead atoms. The summed E-state index contributed by atoms with van der Waals surface area (Å²) in [5, 5.41) is 0. The Labute approximate surface area is 217 Å². The van der Waals surface area contributed by atoms with Crippen molar-refractivity contribution >= 4 is 11.6 Å². The van der Waals surface area contributed by atoms with Gasteiger partial charge >= 0.3 is 0 Å². The lowest BCUT2D eigenvalue weighted by Crippen LogP contribution is -2.31. The Bertz CT molecular complexity index is 1260. The molecule has 3 heterocycles. The summed E-state index contributed by atoms with van der Waals surface area (Å²) in [4.78, 5) is 14.1. The second kappa shape index (κ2) is 10.3. The normalized spacial score (nSPS) is 14.1. The molecule has 2 aromatic heterocycles. The fraction of sp³-hybridized carbons (Fsp3) is 0.290. The molecule has 0 spiro atoms. The molecule has 1 saturated heterocycles. The van der Waals surface area contributed by atoms with Gasteiger partial charge < -0.3 is 9.80 Å². The lowest BCUT2D eigenvalue weighted by Gasteiger charge is -2.23. The van der Waals surface area contributed by atoms with Crippen LogP contribution in [0.25, 0.3) is 22.3 Å². The van der Waals surface area contributed by atoms with Crippen molar-refractivity contribution in [3.63, 3.8) is 0 Å². The molecule has 0 N–H and O–H groups in total. The summed E-state index contributed by atoms with van der Waals surface area (Å²) in [6, 6.07) is 15.7. The van der Waals surface area contributed by atoms with E-state index in [9.17, 15) is 8.78 Å². The molecule has 37 heavy (non-hydrogen) atoms. The molecule has 0 saturated carbocycles. The molecule has 4 aromatic rings. The Morgan fingerprint density at radius 1 is 0.541 bits per heavy atom. The fourth-order valence-corrected chi connectivity index (χ4v) is 5.09. The molecular formula is C31H32F2N4. The molecule has 2 aromatic carbocycles. The summed E-state index contributed by atoms with van der Waals surface area (Å²) in [6.07, 6.45) is 4.76. The van der Waals surface area contributed by atoms with Crippen LogP contribution in [-0.4, -0.2) is 36.1 Å². The molecule has 0 amide bonds. The number of pyridine rings is 2. The van der Waals surface area contributed by atoms with Crippen LogP contribution >= 0.6 is 0 Å². The Morgan fingerprint density at radius 2 is 0.919 bits per heavy atom. The smallest absolute Gasteiger partial charge is 0.129 e. The average molecular weight is 499 g/mol. The molecule has 0 radical (unpaired) electrons. The highest BCUT2D eigenvalue weighted by Gasteiger charge is 2.18. The predicted octanol–water partition coefficient (Wildman–Crippen LogP) is 7.04. The Hall–Kier alpha value is -3.80. The Kier molecular flexibility index (Phi) is 6.92. The number of hydrogen-bond acceptors (Lipinski definition) is 4. The first-order chi connectivity index (χ1) is 17.8. The molecule has 190 valence electrons. The summed E-state index contributed by atoms with van der Waals surface area (Å²) >= 11 is 0. The SMILES string of the molecule is Cc1cc(-c2ccc(N3CCCN(c4ccc(-c5cc(C)c(F)c(C)c5)cn4)CC3)nc2)cc(C)c1F. The van der Waals surface area contributed by atoms with Crippen LogP contribution in [0.3, 0.4) is 0 Å². The number of halogens is 2. The highest BCUT2D eigenvalue weighted by molar-refractivity contribution is 5.67. The van der Waals surface area contributed by atoms with E-state index in [2.05, 4.69) is 34.1 Å². The molecule has 1 aliphatic rings. The van der Waals surface area contributed by atoms with Gasteiger partial charge in [0.15, 0.2) is 0 Å². The first-order valence-corrected chi connectivity index (χ1v) is 12.8. The number of anilines is 2. The van der Waals surface area contributed by atoms with E-state index in [4.69, 9.17) is 9.97 Å². The lowest BCUT2D eigenvalue weighted by molar-refractivity contribution is 0.609. The van der Waals surface area contributed by atoms with Crippen LogP contribution in [-0.2, 0) is 0 Å². The van der Waals surface area contributed by atoms with Crippen LogP contribution in [0, 0.1) is 39.3 Å². The third kappa shape index (κ3) is 5.19. The van der Waals surface area contributed by atoms with Gasteiger partial charge in [0.1, 0.15) is 23.3 Å². The van der Waals surface area contributed by atoms with E-state index in [-0.39, 0.29) is 11.6 Å². The van der Waals surface area contributed by atoms with Crippen molar-refractivity contribution in [1.29, 1.82) is 0 Å². The Balaban J connectivity index is 1.26. The number of benzene rings is 2. The standard InChI is InChI=1S/C31H32F2N4/c1-20-14-26(15-21(2)30(20)32)24-6-8-28(34-18-24)36-10-5-11-37(13-12-36)29-9-7-25(19-35-29)27-16-22(3)31(33)23(4)17-27/h6-9,14-19H,5,10-13H2,1-4H3. The van der Waals surface area contributed by atoms with Crippen LogP contribution in [0.4, 0.5) is 20.4 Å². The largest absolute Gasteiger partial charge is 0.355 e. The van der Waals surface area contributed by atoms with E-state index in [1.54, 1.807) is 27.7 Å². The first kappa shape index (κ1) is 24.9. The van der Waals surface area contributed by atoms with Crippen LogP contribution in [0.15, 0.2) is 60.9 Å². The predicted molar refractivity (Wildman–Crippen MR) is 147 cm³/mol. The Morgan fingerprint density at radius 3 is 1.24 bits per heavy atom. The highest BCUT2D eigenvalue weighted by Crippen LogP contribution is 2.28. The van der Waals surface area contributed by atoms with Gasteiger partial charge in [-0.25, -0.2) is 18.7 Å². The van der Waals surface area contributed by atoms with E-state index in [0.29, 0.717) is 22.3 Å². The van der Waals surface area contributed by atoms with Crippen molar-refractivity contribution in [2.75, 3.05) is 36.0 Å². The second-order valence-electron chi connectivity index (χ2n) is 9.99. The molecule has 1 aliphatic heterocycles. The number of hydrogen-bond donors (Lipinski definition) is 0. The van der Waals surface area contributed by atoms with Gasteiger partial charge in [-0.15, -0.1) is 0 Å². The van der Waals surface area contributed by atoms with Crippen molar-refractivity contribution in [3.05, 3.63) is 94.8 Å². The number of rotatable bonds is 4. The molecule has 0 unspecified atom stereocenters. The van der Waals surface area contributed by atoms with Crippen molar-refractivity contribution in [2.45, 2.75) is 34.1 Å². The summed E-state index contributed by atoms with van der Waals surface area (Å²) in [6.45, 7) is 10.7. The number of aryl methyl sites for hydroxylation is 4. The van der Waals surface area contributed by atoms with E-state index >= 15 is 0 Å². The van der Waals surface area contributed by atoms with Crippen LogP contribution < -0.4 is 9.80 Å². The third-order valence-electron chi connectivity index (χ3n) is 7.18. The fourth-order valence-electron chi connectivity index (χ4n) is 5.09. The van der Waals surface area contributed by atoms with Crippen molar-refractivity contribution < 1.29 is 8.78 Å². The maximum absolute atomic E-state index is 14.0. The van der Waals surface area contributed by atoms with E-state index in [0.717, 1.165) is 66.5 Å². The maximum atomic E-state index is 14.0. The van der Waals surface area contributed by atoms with E-state index in [1.807, 2.05) is 36.7 Å². The minimum Gasteiger partial charge on any atom is -0.355 e. The summed E-state index contributed by atoms with van der Waals surface area (Å²) in [5.41, 5.74) is 6.54. The topological polar surface area (TPSA) is 32.3 Å². The molecule has 6 heteroatoms. The van der Waals surface area contributed by atoms with Gasteiger partial charge in [-0.1, -0.05) is 0 Å². The van der Waals surface area contributed by atoms with Gasteiger partial charge in [0.05, 0.1) is 0 Å². The zero-order valence-corrected chi connectivity index (χ0v) is 21.9. The van der Waals surface area contributed by atoms with E-state index in [1.165, 1.54) is 0 Å². The van der Waals surface area contributed by atoms with Crippen molar-refractivity contribution in [3.8, 4) is 22.3 Å². The minimum absolute atomic E-state index is 0.146. The maximum Gasteiger partial charge on any atom is 0.129 e. The summed E-state index contributed by atoms with van der Waals surface area (Å²) in [5.74, 6) is 1.61. The molecule has 1 fully saturated rings. The molecule has 0 atom stereocenters. The van der Waals surface area contributed by atoms with Gasteiger partial charge in [0.25, 0.3) is 0 Å². The first-order valence-electron chi connectivity index (χ1n) is 12.8. The molecule has 5 rings (SSSR count). The summed E-state index contributed by atoms with van der Waals surface area (Å²) < 4.78 is 28.0. The molecular weight excluding hydrogens is 466 g/mol. The van der Waals surface area contributed by atoms with Crippen LogP contribution in [0.1, 0.15) is 28.7 Å². The van der Waals surface area contributed by atoms with Gasteiger partial charge in [-0.2, -0.15) is 0 Å². The lowest BCUT2D eigenvalue weighted by atomic mass is 10.0. The molecule has 4 nitrogen and oxygen atoms in total. The average Bonchev–Trinajstić information content (AvgIpc) is 3.16. The summed E-state index contributed by atoms with van der Waals surface area (Å²) in [7, 11) is 0. The van der Waals surface area contributed by atoms with Gasteiger partial charge in [-0.3, -0.25) is 0 Å². The van der Waals surface area contributed by atoms with Gasteiger partial charge in [0, 0.05) is 49.7 Å². The zero-order valence-electron chi connectivity index (χ0n) is 21.9. The zero-order chi connectivity index (χ0) is 26.1. The van der Waals surface area contributed by atoms with Crippen LogP contribution in [0.2, 0.25) is 0 Å². The van der Waals surface area contributed by atoms with E-state index < -0.39 is 0 Å². The third-order valence-corrected chi connectivity index (χ3v) is 7.18. The highest BCUT2D eigenvalue weighted by atomic mass is 19.1. The monoisotopic (exact) mass is 498 g/mol. The number of aromatic nitrogens is 2. The van der Waals surface area contributed by atoms with Gasteiger partial charge in [-0.05, 0) is 116 Å². The quantitative estimate of drug-likeness (QED) is 0.302. The van der Waals surface area contributed by atoms with Gasteiger partial charge in [0.2, 0.25) is 0 Å². The van der Waals surface area contributed by atoms with Crippen molar-refractivity contribution in [2.24, 2.45) is 0 Å².